The minimum absolute atomic E-state index is 0.266. The van der Waals surface area contributed by atoms with Crippen LogP contribution in [0.5, 0.6) is 0 Å². The number of hydrogen-bond acceptors (Lipinski definition) is 0. The fraction of sp³-hybridized carbons (Fsp3) is 0.333. The molecule has 1 unspecified atom stereocenters. The molecule has 0 aliphatic heterocycles. The minimum atomic E-state index is 0.266. The van der Waals surface area contributed by atoms with Gasteiger partial charge in [-0.2, -0.15) is 0 Å². The standard InChI is InChI=1S/C9H10Cl.Sn.3H/c1-8(10)7-9-5-3-2-4-6-9;;;;/h2-5,8H,7H2,1H3;;;;. The molecule has 0 bridgehead atoms. The van der Waals surface area contributed by atoms with Crippen molar-refractivity contribution in [1.29, 1.82) is 0 Å². The molecule has 1 aromatic carbocycles. The van der Waals surface area contributed by atoms with Gasteiger partial charge >= 0.3 is 86.3 Å². The normalized spacial score (nSPS) is 13.3. The molecule has 0 saturated carbocycles. The monoisotopic (exact) mass is 276 g/mol. The molecule has 0 nitrogen and oxygen atoms in total. The van der Waals surface area contributed by atoms with Crippen molar-refractivity contribution < 1.29 is 0 Å². The molecule has 0 spiro atoms. The Bertz CT molecular complexity index is 233. The zero-order valence-corrected chi connectivity index (χ0v) is 13.4. The molecule has 1 rings (SSSR count). The van der Waals surface area contributed by atoms with E-state index in [1.807, 2.05) is 6.92 Å². The predicted molar refractivity (Wildman–Crippen MR) is 55.0 cm³/mol. The number of hydrogen-bond donors (Lipinski definition) is 0. The van der Waals surface area contributed by atoms with Crippen LogP contribution in [0.15, 0.2) is 24.3 Å². The molecule has 60 valence electrons. The van der Waals surface area contributed by atoms with Gasteiger partial charge in [0, 0.05) is 0 Å². The summed E-state index contributed by atoms with van der Waals surface area (Å²) >= 11 is 6.52. The van der Waals surface area contributed by atoms with Gasteiger partial charge in [-0.15, -0.1) is 0 Å². The van der Waals surface area contributed by atoms with Crippen LogP contribution < -0.4 is 3.58 Å². The van der Waals surface area contributed by atoms with Crippen molar-refractivity contribution in [3.8, 4) is 0 Å². The Morgan fingerprint density at radius 2 is 2.09 bits per heavy atom. The van der Waals surface area contributed by atoms with E-state index in [4.69, 9.17) is 11.6 Å². The zero-order chi connectivity index (χ0) is 8.27. The molecule has 0 saturated heterocycles. The molecule has 2 heteroatoms. The maximum absolute atomic E-state index is 5.91. The second kappa shape index (κ2) is 4.36. The maximum atomic E-state index is 5.91. The molecule has 1 aromatic rings. The van der Waals surface area contributed by atoms with Gasteiger partial charge in [-0.25, -0.2) is 0 Å². The summed E-state index contributed by atoms with van der Waals surface area (Å²) in [6.07, 6.45) is 1.02. The molecule has 0 radical (unpaired) electrons. The van der Waals surface area contributed by atoms with E-state index in [1.165, 1.54) is 5.56 Å². The van der Waals surface area contributed by atoms with Gasteiger partial charge in [0.1, 0.15) is 0 Å². The Hall–Kier alpha value is 0.309. The van der Waals surface area contributed by atoms with Crippen molar-refractivity contribution in [3.63, 3.8) is 0 Å². The number of halogens is 1. The van der Waals surface area contributed by atoms with Gasteiger partial charge in [0.15, 0.2) is 0 Å². The molecule has 0 aromatic heterocycles. The van der Waals surface area contributed by atoms with E-state index in [9.17, 15) is 0 Å². The molecular formula is C9H13ClSn. The van der Waals surface area contributed by atoms with E-state index in [-0.39, 0.29) is 5.38 Å². The summed E-state index contributed by atoms with van der Waals surface area (Å²) in [5.41, 5.74) is 1.45. The van der Waals surface area contributed by atoms with Crippen LogP contribution in [0.2, 0.25) is 0 Å². The Morgan fingerprint density at radius 1 is 1.45 bits per heavy atom. The van der Waals surface area contributed by atoms with Gasteiger partial charge in [0.05, 0.1) is 0 Å². The van der Waals surface area contributed by atoms with Crippen molar-refractivity contribution in [3.05, 3.63) is 29.8 Å². The third-order valence-corrected chi connectivity index (χ3v) is 4.70. The van der Waals surface area contributed by atoms with Crippen LogP contribution in [0.4, 0.5) is 0 Å². The molecule has 0 N–H and O–H groups in total. The van der Waals surface area contributed by atoms with Gasteiger partial charge in [0.25, 0.3) is 0 Å². The molecule has 0 aliphatic carbocycles. The molecule has 11 heavy (non-hydrogen) atoms. The topological polar surface area (TPSA) is 0 Å². The molecular weight excluding hydrogens is 262 g/mol. The van der Waals surface area contributed by atoms with Crippen LogP contribution in [0.25, 0.3) is 0 Å². The van der Waals surface area contributed by atoms with Gasteiger partial charge in [-0.1, -0.05) is 0 Å². The second-order valence-corrected chi connectivity index (χ2v) is 6.73. The molecule has 0 heterocycles. The fourth-order valence-corrected chi connectivity index (χ4v) is 2.92. The van der Waals surface area contributed by atoms with Crippen molar-refractivity contribution in [1.82, 2.24) is 0 Å². The second-order valence-electron chi connectivity index (χ2n) is 2.91. The molecule has 0 fully saturated rings. The average Bonchev–Trinajstić information content (AvgIpc) is 1.93. The summed E-state index contributed by atoms with van der Waals surface area (Å²) < 4.78 is 1.54. The number of alkyl halides is 1. The van der Waals surface area contributed by atoms with Gasteiger partial charge in [0.2, 0.25) is 0 Å². The van der Waals surface area contributed by atoms with E-state index in [0.717, 1.165) is 6.42 Å². The van der Waals surface area contributed by atoms with Gasteiger partial charge < -0.3 is 0 Å². The van der Waals surface area contributed by atoms with Gasteiger partial charge in [-0.05, 0) is 0 Å². The fourth-order valence-electron chi connectivity index (χ4n) is 1.14. The van der Waals surface area contributed by atoms with E-state index in [0.29, 0.717) is 22.5 Å². The Balaban J connectivity index is 2.78. The first kappa shape index (κ1) is 9.40. The summed E-state index contributed by atoms with van der Waals surface area (Å²) in [5, 5.41) is 0.266. The average molecular weight is 275 g/mol. The number of rotatable bonds is 2. The molecule has 0 amide bonds. The van der Waals surface area contributed by atoms with Crippen molar-refractivity contribution in [2.75, 3.05) is 0 Å². The summed E-state index contributed by atoms with van der Waals surface area (Å²) in [6.45, 7) is 2.05. The Morgan fingerprint density at radius 3 is 2.64 bits per heavy atom. The predicted octanol–water partition coefficient (Wildman–Crippen LogP) is 0.847. The Kier molecular flexibility index (Phi) is 3.73. The molecule has 0 aliphatic rings. The van der Waals surface area contributed by atoms with Gasteiger partial charge in [-0.3, -0.25) is 0 Å². The van der Waals surface area contributed by atoms with E-state index in [1.54, 1.807) is 3.58 Å². The summed E-state index contributed by atoms with van der Waals surface area (Å²) in [4.78, 5) is 0. The van der Waals surface area contributed by atoms with Crippen LogP contribution >= 0.6 is 11.6 Å². The first-order valence-corrected chi connectivity index (χ1v) is 7.18. The van der Waals surface area contributed by atoms with Crippen molar-refractivity contribution in [2.24, 2.45) is 0 Å². The van der Waals surface area contributed by atoms with Crippen LogP contribution in [-0.4, -0.2) is 27.9 Å². The first-order valence-electron chi connectivity index (χ1n) is 3.88. The van der Waals surface area contributed by atoms with E-state index >= 15 is 0 Å². The van der Waals surface area contributed by atoms with E-state index < -0.39 is 0 Å². The summed E-state index contributed by atoms with van der Waals surface area (Å²) in [7, 11) is 0. The Labute approximate surface area is 86.0 Å². The van der Waals surface area contributed by atoms with Crippen LogP contribution in [0.1, 0.15) is 12.5 Å². The van der Waals surface area contributed by atoms with Crippen LogP contribution in [0.3, 0.4) is 0 Å². The third kappa shape index (κ3) is 3.04. The van der Waals surface area contributed by atoms with Crippen molar-refractivity contribution in [2.45, 2.75) is 18.7 Å². The summed E-state index contributed by atoms with van der Waals surface area (Å²) in [6, 6.07) is 8.60. The van der Waals surface area contributed by atoms with Crippen LogP contribution in [-0.2, 0) is 6.42 Å². The number of benzene rings is 1. The molecule has 1 atom stereocenters. The van der Waals surface area contributed by atoms with E-state index in [2.05, 4.69) is 24.3 Å². The van der Waals surface area contributed by atoms with Crippen LogP contribution in [0, 0.1) is 0 Å². The zero-order valence-electron chi connectivity index (χ0n) is 6.97. The third-order valence-electron chi connectivity index (χ3n) is 1.76. The SMILES string of the molecule is CC(Cl)Cc1cccc[c]1[SnH3]. The first-order chi connectivity index (χ1) is 5.20. The summed E-state index contributed by atoms with van der Waals surface area (Å²) in [5.74, 6) is 0. The van der Waals surface area contributed by atoms with Crippen molar-refractivity contribution >= 4 is 37.7 Å². The quantitative estimate of drug-likeness (QED) is 0.554.